The van der Waals surface area contributed by atoms with Crippen molar-refractivity contribution >= 4 is 29.2 Å². The second-order valence-electron chi connectivity index (χ2n) is 6.12. The number of ether oxygens (including phenoxy) is 1. The summed E-state index contributed by atoms with van der Waals surface area (Å²) in [6.07, 6.45) is 0.838. The van der Waals surface area contributed by atoms with Gasteiger partial charge in [0.1, 0.15) is 5.75 Å². The van der Waals surface area contributed by atoms with Crippen molar-refractivity contribution < 1.29 is 19.4 Å². The van der Waals surface area contributed by atoms with Crippen LogP contribution in [0.4, 0.5) is 5.69 Å². The van der Waals surface area contributed by atoms with E-state index >= 15 is 0 Å². The number of aliphatic carboxylic acids is 1. The molecule has 0 saturated heterocycles. The molecule has 5 nitrogen and oxygen atoms in total. The fourth-order valence-corrected chi connectivity index (χ4v) is 3.14. The number of rotatable bonds is 6. The molecular weight excluding hydrogens is 342 g/mol. The van der Waals surface area contributed by atoms with Crippen molar-refractivity contribution in [3.8, 4) is 5.75 Å². The van der Waals surface area contributed by atoms with E-state index in [1.165, 1.54) is 11.1 Å². The van der Waals surface area contributed by atoms with Gasteiger partial charge in [-0.05, 0) is 48.6 Å². The molecule has 1 aliphatic carbocycles. The van der Waals surface area contributed by atoms with Gasteiger partial charge >= 0.3 is 5.97 Å². The number of hydrogen-bond donors (Lipinski definition) is 2. The smallest absolute Gasteiger partial charge is 0.341 e. The van der Waals surface area contributed by atoms with Crippen LogP contribution in [0.2, 0.25) is 5.02 Å². The number of carbonyl (C=O) groups excluding carboxylic acids is 1. The summed E-state index contributed by atoms with van der Waals surface area (Å²) in [5.41, 5.74) is 2.98. The van der Waals surface area contributed by atoms with Crippen molar-refractivity contribution in [1.82, 2.24) is 0 Å². The van der Waals surface area contributed by atoms with Gasteiger partial charge in [-0.3, -0.25) is 4.79 Å². The van der Waals surface area contributed by atoms with Crippen molar-refractivity contribution in [1.29, 1.82) is 0 Å². The number of benzene rings is 2. The van der Waals surface area contributed by atoms with Crippen LogP contribution >= 0.6 is 11.6 Å². The molecule has 6 heteroatoms. The number of carboxylic acid groups (broad SMARTS) is 1. The molecule has 1 fully saturated rings. The van der Waals surface area contributed by atoms with E-state index in [-0.39, 0.29) is 28.5 Å². The Hall–Kier alpha value is -2.53. The van der Waals surface area contributed by atoms with Gasteiger partial charge in [-0.1, -0.05) is 35.9 Å². The van der Waals surface area contributed by atoms with E-state index in [4.69, 9.17) is 21.4 Å². The van der Waals surface area contributed by atoms with Crippen LogP contribution in [0.5, 0.6) is 5.75 Å². The van der Waals surface area contributed by atoms with Crippen LogP contribution in [0.1, 0.15) is 23.5 Å². The van der Waals surface area contributed by atoms with Gasteiger partial charge in [-0.2, -0.15) is 0 Å². The van der Waals surface area contributed by atoms with Crippen LogP contribution < -0.4 is 10.1 Å². The lowest BCUT2D eigenvalue weighted by Gasteiger charge is -2.09. The highest BCUT2D eigenvalue weighted by atomic mass is 35.5. The summed E-state index contributed by atoms with van der Waals surface area (Å²) >= 11 is 6.07. The number of carboxylic acids is 1. The molecule has 2 aromatic rings. The molecule has 130 valence electrons. The molecule has 1 amide bonds. The van der Waals surface area contributed by atoms with E-state index in [0.29, 0.717) is 5.69 Å². The SMILES string of the molecule is Cc1ccccc1C1CC1C(=O)Nc1ccc(OCC(=O)O)c(Cl)c1. The van der Waals surface area contributed by atoms with E-state index in [1.807, 2.05) is 12.1 Å². The zero-order chi connectivity index (χ0) is 18.0. The summed E-state index contributed by atoms with van der Waals surface area (Å²) < 4.78 is 5.06. The number of carbonyl (C=O) groups is 2. The van der Waals surface area contributed by atoms with Crippen LogP contribution in [-0.4, -0.2) is 23.6 Å². The molecule has 0 aliphatic heterocycles. The first-order chi connectivity index (χ1) is 12.0. The summed E-state index contributed by atoms with van der Waals surface area (Å²) in [5, 5.41) is 11.7. The van der Waals surface area contributed by atoms with Gasteiger partial charge in [0.15, 0.2) is 6.61 Å². The maximum atomic E-state index is 12.4. The largest absolute Gasteiger partial charge is 0.480 e. The van der Waals surface area contributed by atoms with Gasteiger partial charge in [0.05, 0.1) is 5.02 Å². The molecule has 0 heterocycles. The van der Waals surface area contributed by atoms with Gasteiger partial charge < -0.3 is 15.2 Å². The molecule has 2 N–H and O–H groups in total. The second-order valence-corrected chi connectivity index (χ2v) is 6.53. The third kappa shape index (κ3) is 4.12. The third-order valence-corrected chi connectivity index (χ3v) is 4.56. The predicted octanol–water partition coefficient (Wildman–Crippen LogP) is 3.85. The van der Waals surface area contributed by atoms with Crippen LogP contribution in [0.3, 0.4) is 0 Å². The van der Waals surface area contributed by atoms with Crippen LogP contribution in [0.25, 0.3) is 0 Å². The Morgan fingerprint density at radius 1 is 1.28 bits per heavy atom. The number of nitrogens with one attached hydrogen (secondary N) is 1. The average Bonchev–Trinajstić information content (AvgIpc) is 3.35. The van der Waals surface area contributed by atoms with E-state index in [9.17, 15) is 9.59 Å². The number of anilines is 1. The first-order valence-corrected chi connectivity index (χ1v) is 8.34. The van der Waals surface area contributed by atoms with Crippen molar-refractivity contribution in [3.05, 3.63) is 58.6 Å². The first-order valence-electron chi connectivity index (χ1n) is 7.96. The zero-order valence-corrected chi connectivity index (χ0v) is 14.4. The minimum Gasteiger partial charge on any atom is -0.480 e. The Balaban J connectivity index is 1.61. The fraction of sp³-hybridized carbons (Fsp3) is 0.263. The summed E-state index contributed by atoms with van der Waals surface area (Å²) in [7, 11) is 0. The van der Waals surface area contributed by atoms with Crippen molar-refractivity contribution in [2.75, 3.05) is 11.9 Å². The molecule has 2 atom stereocenters. The molecule has 25 heavy (non-hydrogen) atoms. The standard InChI is InChI=1S/C19H18ClNO4/c1-11-4-2-3-5-13(11)14-9-15(14)19(24)21-12-6-7-17(16(20)8-12)25-10-18(22)23/h2-8,14-15H,9-10H2,1H3,(H,21,24)(H,22,23). The molecular formula is C19H18ClNO4. The first kappa shape index (κ1) is 17.3. The number of aryl methyl sites for hydroxylation is 1. The molecule has 3 rings (SSSR count). The lowest BCUT2D eigenvalue weighted by molar-refractivity contribution is -0.139. The van der Waals surface area contributed by atoms with Gasteiger partial charge in [0.25, 0.3) is 0 Å². The number of amides is 1. The fourth-order valence-electron chi connectivity index (χ4n) is 2.90. The molecule has 2 aromatic carbocycles. The van der Waals surface area contributed by atoms with Crippen LogP contribution in [-0.2, 0) is 9.59 Å². The molecule has 1 aliphatic rings. The van der Waals surface area contributed by atoms with Crippen molar-refractivity contribution in [2.45, 2.75) is 19.3 Å². The molecule has 2 unspecified atom stereocenters. The average molecular weight is 360 g/mol. The van der Waals surface area contributed by atoms with E-state index in [0.717, 1.165) is 6.42 Å². The Kier molecular flexibility index (Phi) is 4.95. The normalized spacial score (nSPS) is 18.5. The molecule has 0 radical (unpaired) electrons. The maximum Gasteiger partial charge on any atom is 0.341 e. The lowest BCUT2D eigenvalue weighted by atomic mass is 10.0. The summed E-state index contributed by atoms with van der Waals surface area (Å²) in [6.45, 7) is 1.59. The molecule has 1 saturated carbocycles. The highest BCUT2D eigenvalue weighted by molar-refractivity contribution is 6.32. The molecule has 0 spiro atoms. The van der Waals surface area contributed by atoms with Gasteiger partial charge in [0.2, 0.25) is 5.91 Å². The van der Waals surface area contributed by atoms with E-state index in [2.05, 4.69) is 24.4 Å². The highest BCUT2D eigenvalue weighted by Gasteiger charge is 2.44. The lowest BCUT2D eigenvalue weighted by Crippen LogP contribution is -2.15. The van der Waals surface area contributed by atoms with Gasteiger partial charge in [-0.15, -0.1) is 0 Å². The Labute approximate surface area is 150 Å². The van der Waals surface area contributed by atoms with E-state index < -0.39 is 12.6 Å². The summed E-state index contributed by atoms with van der Waals surface area (Å²) in [6, 6.07) is 12.9. The minimum absolute atomic E-state index is 0.0384. The monoisotopic (exact) mass is 359 g/mol. The predicted molar refractivity (Wildman–Crippen MR) is 95.2 cm³/mol. The quantitative estimate of drug-likeness (QED) is 0.821. The maximum absolute atomic E-state index is 12.4. The van der Waals surface area contributed by atoms with Crippen LogP contribution in [0.15, 0.2) is 42.5 Å². The number of hydrogen-bond acceptors (Lipinski definition) is 3. The molecule has 0 aromatic heterocycles. The number of halogens is 1. The van der Waals surface area contributed by atoms with Crippen molar-refractivity contribution in [3.63, 3.8) is 0 Å². The zero-order valence-electron chi connectivity index (χ0n) is 13.7. The van der Waals surface area contributed by atoms with Crippen LogP contribution in [0, 0.1) is 12.8 Å². The Morgan fingerprint density at radius 2 is 2.04 bits per heavy atom. The van der Waals surface area contributed by atoms with Gasteiger partial charge in [0, 0.05) is 11.6 Å². The summed E-state index contributed by atoms with van der Waals surface area (Å²) in [5.74, 6) is -0.628. The highest BCUT2D eigenvalue weighted by Crippen LogP contribution is 2.49. The third-order valence-electron chi connectivity index (χ3n) is 4.27. The topological polar surface area (TPSA) is 75.6 Å². The summed E-state index contributed by atoms with van der Waals surface area (Å²) in [4.78, 5) is 22.9. The van der Waals surface area contributed by atoms with E-state index in [1.54, 1.807) is 18.2 Å². The Morgan fingerprint density at radius 3 is 2.72 bits per heavy atom. The van der Waals surface area contributed by atoms with Crippen molar-refractivity contribution in [2.24, 2.45) is 5.92 Å². The Bertz CT molecular complexity index is 821. The van der Waals surface area contributed by atoms with Gasteiger partial charge in [-0.25, -0.2) is 4.79 Å². The molecule has 0 bridgehead atoms. The second kappa shape index (κ2) is 7.15. The minimum atomic E-state index is -1.08.